The molecule has 23 heavy (non-hydrogen) atoms. The third-order valence-electron chi connectivity index (χ3n) is 3.83. The van der Waals surface area contributed by atoms with E-state index in [2.05, 4.69) is 16.3 Å². The molecule has 0 saturated carbocycles. The fourth-order valence-electron chi connectivity index (χ4n) is 2.81. The molecule has 0 amide bonds. The van der Waals surface area contributed by atoms with Gasteiger partial charge in [0, 0.05) is 4.88 Å². The van der Waals surface area contributed by atoms with Gasteiger partial charge in [-0.15, -0.1) is 16.4 Å². The first-order valence-electron chi connectivity index (χ1n) is 7.04. The molecule has 1 aliphatic heterocycles. The summed E-state index contributed by atoms with van der Waals surface area (Å²) in [5.41, 5.74) is 9.04. The van der Waals surface area contributed by atoms with Gasteiger partial charge in [-0.05, 0) is 17.0 Å². The van der Waals surface area contributed by atoms with Crippen molar-refractivity contribution in [3.8, 4) is 23.2 Å². The van der Waals surface area contributed by atoms with Crippen LogP contribution in [-0.4, -0.2) is 10.2 Å². The van der Waals surface area contributed by atoms with Crippen LogP contribution in [0.2, 0.25) is 0 Å². The van der Waals surface area contributed by atoms with Crippen LogP contribution in [0.15, 0.2) is 59.3 Å². The number of fused-ring (bicyclic) bond motifs is 1. The lowest BCUT2D eigenvalue weighted by atomic mass is 9.87. The Morgan fingerprint density at radius 1 is 1.22 bits per heavy atom. The number of nitrogens with two attached hydrogens (primary N) is 1. The molecule has 0 unspecified atom stereocenters. The number of thiophene rings is 1. The third kappa shape index (κ3) is 2.10. The van der Waals surface area contributed by atoms with Gasteiger partial charge in [-0.3, -0.25) is 5.10 Å². The second-order valence-corrected chi connectivity index (χ2v) is 6.10. The maximum Gasteiger partial charge on any atom is 0.244 e. The molecule has 3 N–H and O–H groups in total. The highest BCUT2D eigenvalue weighted by atomic mass is 32.1. The van der Waals surface area contributed by atoms with Crippen LogP contribution in [0, 0.1) is 11.3 Å². The minimum atomic E-state index is -0.266. The predicted molar refractivity (Wildman–Crippen MR) is 87.6 cm³/mol. The Labute approximate surface area is 136 Å². The van der Waals surface area contributed by atoms with Gasteiger partial charge >= 0.3 is 0 Å². The molecule has 5 nitrogen and oxygen atoms in total. The molecule has 0 bridgehead atoms. The molecule has 4 rings (SSSR count). The Morgan fingerprint density at radius 3 is 2.74 bits per heavy atom. The van der Waals surface area contributed by atoms with Crippen LogP contribution in [0.25, 0.3) is 11.3 Å². The fourth-order valence-corrected chi connectivity index (χ4v) is 3.65. The molecule has 6 heteroatoms. The number of ether oxygens (including phenoxy) is 1. The van der Waals surface area contributed by atoms with E-state index < -0.39 is 0 Å². The first kappa shape index (κ1) is 13.6. The zero-order valence-corrected chi connectivity index (χ0v) is 12.8. The van der Waals surface area contributed by atoms with E-state index in [0.717, 1.165) is 21.7 Å². The van der Waals surface area contributed by atoms with Gasteiger partial charge in [0.15, 0.2) is 0 Å². The second kappa shape index (κ2) is 5.30. The zero-order valence-electron chi connectivity index (χ0n) is 12.0. The van der Waals surface area contributed by atoms with Crippen molar-refractivity contribution in [1.29, 1.82) is 5.26 Å². The highest BCUT2D eigenvalue weighted by Crippen LogP contribution is 2.46. The Morgan fingerprint density at radius 2 is 2.04 bits per heavy atom. The molecule has 0 saturated heterocycles. The van der Waals surface area contributed by atoms with Gasteiger partial charge in [0.1, 0.15) is 11.6 Å². The average Bonchev–Trinajstić information content (AvgIpc) is 3.24. The molecule has 112 valence electrons. The molecule has 3 aromatic rings. The van der Waals surface area contributed by atoms with Crippen molar-refractivity contribution >= 4 is 11.3 Å². The SMILES string of the molecule is N#CC1=C(N)Oc2n[nH]c(-c3ccccc3)c2[C@H]1c1cccs1. The number of benzene rings is 1. The standard InChI is InChI=1S/C17H12N4OS/c18-9-11-13(12-7-4-8-23-12)14-15(10-5-2-1-3-6-10)20-21-17(14)22-16(11)19/h1-8,13H,19H2,(H,20,21)/t13-/m1/s1. The van der Waals surface area contributed by atoms with Crippen LogP contribution >= 0.6 is 11.3 Å². The Kier molecular flexibility index (Phi) is 3.14. The Bertz CT molecular complexity index is 919. The van der Waals surface area contributed by atoms with Gasteiger partial charge in [0.2, 0.25) is 11.8 Å². The quantitative estimate of drug-likeness (QED) is 0.758. The Balaban J connectivity index is 1.96. The first-order chi connectivity index (χ1) is 11.3. The fraction of sp³-hybridized carbons (Fsp3) is 0.0588. The van der Waals surface area contributed by atoms with Crippen molar-refractivity contribution in [2.24, 2.45) is 5.73 Å². The van der Waals surface area contributed by atoms with E-state index in [0.29, 0.717) is 11.5 Å². The van der Waals surface area contributed by atoms with Gasteiger partial charge in [-0.2, -0.15) is 5.26 Å². The Hall–Kier alpha value is -3.04. The summed E-state index contributed by atoms with van der Waals surface area (Å²) < 4.78 is 5.56. The van der Waals surface area contributed by atoms with E-state index in [9.17, 15) is 5.26 Å². The number of hydrogen-bond donors (Lipinski definition) is 2. The summed E-state index contributed by atoms with van der Waals surface area (Å²) in [6.45, 7) is 0. The summed E-state index contributed by atoms with van der Waals surface area (Å²) in [5.74, 6) is 0.279. The van der Waals surface area contributed by atoms with E-state index in [1.165, 1.54) is 0 Å². The lowest BCUT2D eigenvalue weighted by Gasteiger charge is -2.22. The number of rotatable bonds is 2. The van der Waals surface area contributed by atoms with Crippen molar-refractivity contribution in [3.63, 3.8) is 0 Å². The van der Waals surface area contributed by atoms with Gasteiger partial charge < -0.3 is 10.5 Å². The normalized spacial score (nSPS) is 16.6. The largest absolute Gasteiger partial charge is 0.420 e. The van der Waals surface area contributed by atoms with Crippen LogP contribution in [0.5, 0.6) is 5.88 Å². The molecule has 1 aliphatic rings. The molecule has 2 aromatic heterocycles. The van der Waals surface area contributed by atoms with Crippen LogP contribution < -0.4 is 10.5 Å². The van der Waals surface area contributed by atoms with Gasteiger partial charge in [-0.25, -0.2) is 0 Å². The maximum absolute atomic E-state index is 9.56. The van der Waals surface area contributed by atoms with Crippen molar-refractivity contribution in [2.75, 3.05) is 0 Å². The number of aromatic nitrogens is 2. The molecule has 0 aliphatic carbocycles. The summed E-state index contributed by atoms with van der Waals surface area (Å²) in [4.78, 5) is 1.03. The van der Waals surface area contributed by atoms with Crippen molar-refractivity contribution < 1.29 is 4.74 Å². The molecule has 0 radical (unpaired) electrons. The van der Waals surface area contributed by atoms with Crippen LogP contribution in [0.3, 0.4) is 0 Å². The number of hydrogen-bond acceptors (Lipinski definition) is 5. The first-order valence-corrected chi connectivity index (χ1v) is 7.92. The minimum Gasteiger partial charge on any atom is -0.420 e. The second-order valence-electron chi connectivity index (χ2n) is 5.12. The molecule has 1 atom stereocenters. The van der Waals surface area contributed by atoms with Crippen LogP contribution in [0.4, 0.5) is 0 Å². The van der Waals surface area contributed by atoms with E-state index in [1.807, 2.05) is 47.8 Å². The number of allylic oxidation sites excluding steroid dienone is 1. The van der Waals surface area contributed by atoms with Gasteiger partial charge in [-0.1, -0.05) is 36.4 Å². The number of nitriles is 1. The summed E-state index contributed by atoms with van der Waals surface area (Å²) in [6.07, 6.45) is 0. The van der Waals surface area contributed by atoms with E-state index in [-0.39, 0.29) is 11.8 Å². The van der Waals surface area contributed by atoms with Gasteiger partial charge in [0.25, 0.3) is 0 Å². The predicted octanol–water partition coefficient (Wildman–Crippen LogP) is 3.36. The average molecular weight is 320 g/mol. The van der Waals surface area contributed by atoms with Crippen LogP contribution in [0.1, 0.15) is 16.4 Å². The highest BCUT2D eigenvalue weighted by Gasteiger charge is 2.35. The lowest BCUT2D eigenvalue weighted by molar-refractivity contribution is 0.379. The number of aromatic amines is 1. The van der Waals surface area contributed by atoms with Crippen LogP contribution in [-0.2, 0) is 0 Å². The minimum absolute atomic E-state index is 0.115. The van der Waals surface area contributed by atoms with E-state index >= 15 is 0 Å². The molecule has 0 fully saturated rings. The summed E-state index contributed by atoms with van der Waals surface area (Å²) in [7, 11) is 0. The smallest absolute Gasteiger partial charge is 0.244 e. The van der Waals surface area contributed by atoms with Crippen molar-refractivity contribution in [3.05, 3.63) is 69.7 Å². The number of nitrogens with zero attached hydrogens (tertiary/aromatic N) is 2. The maximum atomic E-state index is 9.56. The molecule has 3 heterocycles. The monoisotopic (exact) mass is 320 g/mol. The molecule has 1 aromatic carbocycles. The summed E-state index contributed by atoms with van der Waals surface area (Å²) in [6, 6.07) is 16.0. The number of H-pyrrole nitrogens is 1. The number of nitrogens with one attached hydrogen (secondary N) is 1. The topological polar surface area (TPSA) is 87.7 Å². The molecular formula is C17H12N4OS. The summed E-state index contributed by atoms with van der Waals surface area (Å²) >= 11 is 1.58. The van der Waals surface area contributed by atoms with Crippen molar-refractivity contribution in [1.82, 2.24) is 10.2 Å². The highest BCUT2D eigenvalue weighted by molar-refractivity contribution is 7.10. The molecular weight excluding hydrogens is 308 g/mol. The van der Waals surface area contributed by atoms with Gasteiger partial charge in [0.05, 0.1) is 17.2 Å². The zero-order chi connectivity index (χ0) is 15.8. The summed E-state index contributed by atoms with van der Waals surface area (Å²) in [5, 5.41) is 18.8. The van der Waals surface area contributed by atoms with E-state index in [4.69, 9.17) is 10.5 Å². The lowest BCUT2D eigenvalue weighted by Crippen LogP contribution is -2.20. The third-order valence-corrected chi connectivity index (χ3v) is 4.77. The van der Waals surface area contributed by atoms with E-state index in [1.54, 1.807) is 11.3 Å². The molecule has 0 spiro atoms. The van der Waals surface area contributed by atoms with Crippen molar-refractivity contribution in [2.45, 2.75) is 5.92 Å².